The number of hydrogen-bond acceptors (Lipinski definition) is 9. The highest BCUT2D eigenvalue weighted by Crippen LogP contribution is 2.29. The molecule has 0 aliphatic carbocycles. The summed E-state index contributed by atoms with van der Waals surface area (Å²) >= 11 is 0. The molecule has 1 fully saturated rings. The fourth-order valence-electron chi connectivity index (χ4n) is 5.61. The van der Waals surface area contributed by atoms with Gasteiger partial charge in [0.05, 0.1) is 29.2 Å². The van der Waals surface area contributed by atoms with E-state index in [9.17, 15) is 27.2 Å². The maximum atomic E-state index is 14.7. The van der Waals surface area contributed by atoms with Gasteiger partial charge in [-0.2, -0.15) is 4.31 Å². The number of rotatable bonds is 3. The van der Waals surface area contributed by atoms with Crippen LogP contribution in [0.25, 0.3) is 11.1 Å². The zero-order chi connectivity index (χ0) is 33.8. The van der Waals surface area contributed by atoms with Crippen molar-refractivity contribution in [2.24, 2.45) is 0 Å². The molecule has 1 aromatic heterocycles. The number of piperidine rings is 1. The van der Waals surface area contributed by atoms with Gasteiger partial charge < -0.3 is 24.8 Å². The molecule has 0 saturated carbocycles. The largest absolute Gasteiger partial charge is 0.488 e. The number of carbonyl (C=O) groups is 3. The van der Waals surface area contributed by atoms with Gasteiger partial charge in [0.25, 0.3) is 11.8 Å². The van der Waals surface area contributed by atoms with Gasteiger partial charge >= 0.3 is 5.97 Å². The second-order valence-corrected chi connectivity index (χ2v) is 13.1. The first-order chi connectivity index (χ1) is 23.1. The standard InChI is InChI=1S/C34H31FN4O8S/c1-45-34(42)28-7-2-3-8-31(28)48(43,44)39-10-9-30-29(19-39)38-33(41)24-13-23(17-36-18-24)22-5-4-6-26(14-22)46-20-32(40)37-16-21-11-25(35)15-27(12-21)47-30/h2-8,11-15,17-18,29-30H,9-10,16,19-20H2,1H3,(H,37,40)(H,38,41)/t29-,30+/m1/s1. The first-order valence-electron chi connectivity index (χ1n) is 15.0. The van der Waals surface area contributed by atoms with Gasteiger partial charge in [-0.25, -0.2) is 17.6 Å². The summed E-state index contributed by atoms with van der Waals surface area (Å²) in [5, 5.41) is 5.60. The lowest BCUT2D eigenvalue weighted by Gasteiger charge is -2.38. The van der Waals surface area contributed by atoms with E-state index >= 15 is 0 Å². The molecule has 3 heterocycles. The van der Waals surface area contributed by atoms with E-state index in [-0.39, 0.29) is 54.4 Å². The minimum atomic E-state index is -4.25. The minimum absolute atomic E-state index is 0.00961. The number of benzene rings is 3. The number of carbonyl (C=O) groups excluding carboxylic acids is 3. The lowest BCUT2D eigenvalue weighted by Crippen LogP contribution is -2.58. The molecular weight excluding hydrogens is 643 g/mol. The van der Waals surface area contributed by atoms with Crippen LogP contribution in [-0.2, 0) is 26.1 Å². The fraction of sp³-hybridized carbons (Fsp3) is 0.235. The molecule has 14 heteroatoms. The quantitative estimate of drug-likeness (QED) is 0.312. The highest BCUT2D eigenvalue weighted by molar-refractivity contribution is 7.89. The van der Waals surface area contributed by atoms with Crippen LogP contribution >= 0.6 is 0 Å². The van der Waals surface area contributed by atoms with Gasteiger partial charge in [0.2, 0.25) is 10.0 Å². The molecule has 48 heavy (non-hydrogen) atoms. The normalized spacial score (nSPS) is 18.7. The SMILES string of the molecule is COC(=O)c1ccccc1S(=O)(=O)N1CC[C@@H]2Oc3cc(F)cc(c3)CNC(=O)COc3cccc(c3)-c3cncc(c3)C(=O)N[C@@H]2C1. The zero-order valence-electron chi connectivity index (χ0n) is 25.7. The van der Waals surface area contributed by atoms with Crippen molar-refractivity contribution in [2.45, 2.75) is 30.0 Å². The molecule has 1 saturated heterocycles. The Labute approximate surface area is 275 Å². The predicted molar refractivity (Wildman–Crippen MR) is 170 cm³/mol. The number of esters is 1. The van der Waals surface area contributed by atoms with Gasteiger partial charge in [-0.1, -0.05) is 24.3 Å². The maximum absolute atomic E-state index is 14.7. The molecule has 2 atom stereocenters. The Morgan fingerprint density at radius 3 is 2.62 bits per heavy atom. The average molecular weight is 675 g/mol. The number of aromatic nitrogens is 1. The van der Waals surface area contributed by atoms with E-state index in [1.165, 1.54) is 46.9 Å². The number of fused-ring (bicyclic) bond motifs is 8. The summed E-state index contributed by atoms with van der Waals surface area (Å²) < 4.78 is 60.4. The van der Waals surface area contributed by atoms with E-state index in [4.69, 9.17) is 14.2 Å². The summed E-state index contributed by atoms with van der Waals surface area (Å²) in [6.45, 7) is -0.542. The van der Waals surface area contributed by atoms with Gasteiger partial charge in [0.15, 0.2) is 6.61 Å². The third kappa shape index (κ3) is 7.14. The Bertz CT molecular complexity index is 1990. The summed E-state index contributed by atoms with van der Waals surface area (Å²) in [5.74, 6) is -1.85. The van der Waals surface area contributed by atoms with Crippen LogP contribution in [0.1, 0.15) is 32.7 Å². The molecule has 248 valence electrons. The van der Waals surface area contributed by atoms with Crippen LogP contribution in [-0.4, -0.2) is 74.4 Å². The van der Waals surface area contributed by atoms with Crippen LogP contribution < -0.4 is 20.1 Å². The average Bonchev–Trinajstić information content (AvgIpc) is 3.09. The maximum Gasteiger partial charge on any atom is 0.339 e. The molecular formula is C34H31FN4O8S. The Hall–Kier alpha value is -5.34. The lowest BCUT2D eigenvalue weighted by molar-refractivity contribution is -0.123. The number of amides is 2. The van der Waals surface area contributed by atoms with E-state index < -0.39 is 45.8 Å². The van der Waals surface area contributed by atoms with E-state index in [1.807, 2.05) is 0 Å². The van der Waals surface area contributed by atoms with Crippen LogP contribution in [0.5, 0.6) is 11.5 Å². The molecule has 6 bridgehead atoms. The first kappa shape index (κ1) is 32.6. The van der Waals surface area contributed by atoms with Crippen molar-refractivity contribution in [1.82, 2.24) is 19.9 Å². The molecule has 2 aliphatic rings. The lowest BCUT2D eigenvalue weighted by atomic mass is 10.0. The Balaban J connectivity index is 1.37. The Morgan fingerprint density at radius 1 is 0.979 bits per heavy atom. The zero-order valence-corrected chi connectivity index (χ0v) is 26.5. The van der Waals surface area contributed by atoms with Crippen LogP contribution in [0.3, 0.4) is 0 Å². The molecule has 0 spiro atoms. The van der Waals surface area contributed by atoms with Crippen molar-refractivity contribution in [3.63, 3.8) is 0 Å². The molecule has 2 N–H and O–H groups in total. The molecule has 3 aromatic carbocycles. The third-order valence-electron chi connectivity index (χ3n) is 7.98. The molecule has 12 nitrogen and oxygen atoms in total. The van der Waals surface area contributed by atoms with E-state index in [0.717, 1.165) is 7.11 Å². The predicted octanol–water partition coefficient (Wildman–Crippen LogP) is 3.32. The molecule has 0 unspecified atom stereocenters. The Kier molecular flexibility index (Phi) is 9.37. The van der Waals surface area contributed by atoms with Crippen molar-refractivity contribution >= 4 is 27.8 Å². The molecule has 0 radical (unpaired) electrons. The molecule has 2 aliphatic heterocycles. The van der Waals surface area contributed by atoms with Crippen molar-refractivity contribution in [3.05, 3.63) is 108 Å². The van der Waals surface area contributed by atoms with Crippen molar-refractivity contribution in [2.75, 3.05) is 26.8 Å². The van der Waals surface area contributed by atoms with Gasteiger partial charge in [-0.15, -0.1) is 0 Å². The van der Waals surface area contributed by atoms with Crippen molar-refractivity contribution < 1.29 is 41.4 Å². The van der Waals surface area contributed by atoms with Crippen LogP contribution in [0, 0.1) is 5.82 Å². The summed E-state index contributed by atoms with van der Waals surface area (Å²) in [6.07, 6.45) is 2.27. The number of nitrogens with zero attached hydrogens (tertiary/aromatic N) is 2. The highest BCUT2D eigenvalue weighted by Gasteiger charge is 2.39. The minimum Gasteiger partial charge on any atom is -0.488 e. The number of methoxy groups -OCH3 is 1. The number of pyridine rings is 1. The number of sulfonamides is 1. The van der Waals surface area contributed by atoms with Crippen LogP contribution in [0.2, 0.25) is 0 Å². The fourth-order valence-corrected chi connectivity index (χ4v) is 7.27. The molecule has 6 rings (SSSR count). The van der Waals surface area contributed by atoms with Crippen molar-refractivity contribution in [1.29, 1.82) is 0 Å². The second-order valence-electron chi connectivity index (χ2n) is 11.2. The van der Waals surface area contributed by atoms with Crippen LogP contribution in [0.15, 0.2) is 90.1 Å². The van der Waals surface area contributed by atoms with Gasteiger partial charge in [0.1, 0.15) is 23.4 Å². The second kappa shape index (κ2) is 13.8. The summed E-state index contributed by atoms with van der Waals surface area (Å²) in [6, 6.07) is 17.3. The van der Waals surface area contributed by atoms with E-state index in [0.29, 0.717) is 22.4 Å². The smallest absolute Gasteiger partial charge is 0.339 e. The summed E-state index contributed by atoms with van der Waals surface area (Å²) in [7, 11) is -3.09. The number of hydrogen-bond donors (Lipinski definition) is 2. The molecule has 4 aromatic rings. The summed E-state index contributed by atoms with van der Waals surface area (Å²) in [5.41, 5.74) is 1.76. The third-order valence-corrected chi connectivity index (χ3v) is 9.91. The first-order valence-corrected chi connectivity index (χ1v) is 16.4. The van der Waals surface area contributed by atoms with Gasteiger partial charge in [-0.3, -0.25) is 14.6 Å². The Morgan fingerprint density at radius 2 is 1.79 bits per heavy atom. The van der Waals surface area contributed by atoms with E-state index in [2.05, 4.69) is 15.6 Å². The topological polar surface area (TPSA) is 153 Å². The number of ether oxygens (including phenoxy) is 3. The number of nitrogens with one attached hydrogen (secondary N) is 2. The highest BCUT2D eigenvalue weighted by atomic mass is 32.2. The van der Waals surface area contributed by atoms with E-state index in [1.54, 1.807) is 42.6 Å². The monoisotopic (exact) mass is 674 g/mol. The van der Waals surface area contributed by atoms with Gasteiger partial charge in [0, 0.05) is 50.1 Å². The number of halogens is 1. The van der Waals surface area contributed by atoms with Crippen LogP contribution in [0.4, 0.5) is 4.39 Å². The van der Waals surface area contributed by atoms with Crippen molar-refractivity contribution in [3.8, 4) is 22.6 Å². The molecule has 2 amide bonds. The summed E-state index contributed by atoms with van der Waals surface area (Å²) in [4.78, 5) is 42.7. The van der Waals surface area contributed by atoms with Gasteiger partial charge in [-0.05, 0) is 53.6 Å².